The zero-order valence-corrected chi connectivity index (χ0v) is 9.58. The molecule has 1 rings (SSSR count). The van der Waals surface area contributed by atoms with Crippen molar-refractivity contribution in [2.24, 2.45) is 0 Å². The molecular formula is C12H15FO3. The van der Waals surface area contributed by atoms with Crippen LogP contribution >= 0.6 is 0 Å². The summed E-state index contributed by atoms with van der Waals surface area (Å²) in [7, 11) is 0. The summed E-state index contributed by atoms with van der Waals surface area (Å²) in [5, 5.41) is 8.90. The van der Waals surface area contributed by atoms with Crippen molar-refractivity contribution in [1.29, 1.82) is 0 Å². The third-order valence-corrected chi connectivity index (χ3v) is 1.96. The minimum Gasteiger partial charge on any atom is -0.478 e. The Labute approximate surface area is 93.9 Å². The van der Waals surface area contributed by atoms with Gasteiger partial charge in [0, 0.05) is 0 Å². The first kappa shape index (κ1) is 12.6. The van der Waals surface area contributed by atoms with Crippen LogP contribution in [0.15, 0.2) is 18.2 Å². The van der Waals surface area contributed by atoms with Gasteiger partial charge >= 0.3 is 5.97 Å². The quantitative estimate of drug-likeness (QED) is 0.862. The molecule has 0 aliphatic rings. The number of aromatic carboxylic acids is 1. The molecule has 0 atom stereocenters. The van der Waals surface area contributed by atoms with E-state index in [1.165, 1.54) is 12.1 Å². The van der Waals surface area contributed by atoms with Gasteiger partial charge in [-0.15, -0.1) is 0 Å². The molecule has 0 radical (unpaired) electrons. The first-order valence-corrected chi connectivity index (χ1v) is 4.95. The highest BCUT2D eigenvalue weighted by Gasteiger charge is 2.15. The fraction of sp³-hybridized carbons (Fsp3) is 0.417. The normalized spacial score (nSPS) is 11.5. The molecule has 16 heavy (non-hydrogen) atoms. The molecule has 0 unspecified atom stereocenters. The Balaban J connectivity index is 2.91. The molecule has 1 N–H and O–H groups in total. The van der Waals surface area contributed by atoms with E-state index in [1.807, 2.05) is 20.8 Å². The molecule has 0 fully saturated rings. The highest BCUT2D eigenvalue weighted by atomic mass is 19.1. The average molecular weight is 226 g/mol. The van der Waals surface area contributed by atoms with Gasteiger partial charge in [-0.1, -0.05) is 6.07 Å². The van der Waals surface area contributed by atoms with Gasteiger partial charge in [0.15, 0.2) is 0 Å². The predicted molar refractivity (Wildman–Crippen MR) is 57.9 cm³/mol. The lowest BCUT2D eigenvalue weighted by Crippen LogP contribution is -2.19. The lowest BCUT2D eigenvalue weighted by atomic mass is 10.1. The van der Waals surface area contributed by atoms with Gasteiger partial charge in [0.05, 0.1) is 17.8 Å². The maximum atomic E-state index is 12.9. The van der Waals surface area contributed by atoms with E-state index >= 15 is 0 Å². The Morgan fingerprint density at radius 2 is 2.06 bits per heavy atom. The monoisotopic (exact) mass is 226 g/mol. The van der Waals surface area contributed by atoms with Crippen molar-refractivity contribution in [3.8, 4) is 0 Å². The van der Waals surface area contributed by atoms with Gasteiger partial charge in [0.25, 0.3) is 0 Å². The molecule has 1 aromatic rings. The van der Waals surface area contributed by atoms with E-state index in [1.54, 1.807) is 0 Å². The lowest BCUT2D eigenvalue weighted by molar-refractivity contribution is -0.0154. The number of benzene rings is 1. The summed E-state index contributed by atoms with van der Waals surface area (Å²) in [5.41, 5.74) is 0.0672. The first-order chi connectivity index (χ1) is 7.29. The van der Waals surface area contributed by atoms with Crippen molar-refractivity contribution < 1.29 is 19.0 Å². The third kappa shape index (κ3) is 3.62. The largest absolute Gasteiger partial charge is 0.478 e. The van der Waals surface area contributed by atoms with Crippen LogP contribution in [0.25, 0.3) is 0 Å². The number of carboxylic acid groups (broad SMARTS) is 1. The molecule has 4 heteroatoms. The Morgan fingerprint density at radius 3 is 2.56 bits per heavy atom. The van der Waals surface area contributed by atoms with Gasteiger partial charge in [-0.3, -0.25) is 0 Å². The standard InChI is InChI=1S/C12H15FO3/c1-12(2,3)16-7-8-4-5-9(13)6-10(8)11(14)15/h4-6H,7H2,1-3H3,(H,14,15). The Kier molecular flexibility index (Phi) is 3.65. The summed E-state index contributed by atoms with van der Waals surface area (Å²) in [4.78, 5) is 10.9. The summed E-state index contributed by atoms with van der Waals surface area (Å²) >= 11 is 0. The fourth-order valence-electron chi connectivity index (χ4n) is 1.17. The second kappa shape index (κ2) is 4.61. The van der Waals surface area contributed by atoms with Crippen molar-refractivity contribution in [2.45, 2.75) is 33.0 Å². The van der Waals surface area contributed by atoms with Crippen LogP contribution in [0, 0.1) is 5.82 Å². The highest BCUT2D eigenvalue weighted by Crippen LogP contribution is 2.16. The third-order valence-electron chi connectivity index (χ3n) is 1.96. The molecule has 0 saturated carbocycles. The SMILES string of the molecule is CC(C)(C)OCc1ccc(F)cc1C(=O)O. The van der Waals surface area contributed by atoms with Gasteiger partial charge in [-0.05, 0) is 38.5 Å². The van der Waals surface area contributed by atoms with E-state index in [9.17, 15) is 9.18 Å². The van der Waals surface area contributed by atoms with Gasteiger partial charge in [0.2, 0.25) is 0 Å². The van der Waals surface area contributed by atoms with Crippen molar-refractivity contribution in [3.05, 3.63) is 35.1 Å². The van der Waals surface area contributed by atoms with Crippen LogP contribution in [0.4, 0.5) is 4.39 Å². The zero-order chi connectivity index (χ0) is 12.3. The second-order valence-electron chi connectivity index (χ2n) is 4.51. The van der Waals surface area contributed by atoms with Crippen LogP contribution in [-0.2, 0) is 11.3 Å². The number of hydrogen-bond acceptors (Lipinski definition) is 2. The molecule has 0 heterocycles. The highest BCUT2D eigenvalue weighted by molar-refractivity contribution is 5.89. The van der Waals surface area contributed by atoms with Crippen molar-refractivity contribution >= 4 is 5.97 Å². The van der Waals surface area contributed by atoms with E-state index < -0.39 is 11.8 Å². The minimum atomic E-state index is -1.15. The van der Waals surface area contributed by atoms with Gasteiger partial charge in [-0.25, -0.2) is 9.18 Å². The van der Waals surface area contributed by atoms with E-state index in [-0.39, 0.29) is 17.8 Å². The molecule has 3 nitrogen and oxygen atoms in total. The smallest absolute Gasteiger partial charge is 0.336 e. The Morgan fingerprint density at radius 1 is 1.44 bits per heavy atom. The molecule has 1 aromatic carbocycles. The van der Waals surface area contributed by atoms with Crippen LogP contribution in [0.2, 0.25) is 0 Å². The average Bonchev–Trinajstić information content (AvgIpc) is 2.14. The summed E-state index contributed by atoms with van der Waals surface area (Å²) in [6.07, 6.45) is 0. The molecule has 0 aliphatic heterocycles. The zero-order valence-electron chi connectivity index (χ0n) is 9.58. The second-order valence-corrected chi connectivity index (χ2v) is 4.51. The Hall–Kier alpha value is -1.42. The topological polar surface area (TPSA) is 46.5 Å². The molecule has 0 aromatic heterocycles. The summed E-state index contributed by atoms with van der Waals surface area (Å²) in [6.45, 7) is 5.77. The van der Waals surface area contributed by atoms with Crippen LogP contribution in [0.1, 0.15) is 36.7 Å². The molecular weight excluding hydrogens is 211 g/mol. The summed E-state index contributed by atoms with van der Waals surface area (Å²) < 4.78 is 18.3. The molecule has 0 amide bonds. The molecule has 88 valence electrons. The number of carbonyl (C=O) groups is 1. The van der Waals surface area contributed by atoms with E-state index in [2.05, 4.69) is 0 Å². The molecule has 0 spiro atoms. The molecule has 0 saturated heterocycles. The van der Waals surface area contributed by atoms with Gasteiger partial charge in [0.1, 0.15) is 5.82 Å². The predicted octanol–water partition coefficient (Wildman–Crippen LogP) is 2.84. The van der Waals surface area contributed by atoms with Crippen molar-refractivity contribution in [2.75, 3.05) is 0 Å². The van der Waals surface area contributed by atoms with E-state index in [0.717, 1.165) is 6.07 Å². The molecule has 0 aliphatic carbocycles. The van der Waals surface area contributed by atoms with E-state index in [4.69, 9.17) is 9.84 Å². The van der Waals surface area contributed by atoms with Crippen LogP contribution in [0.5, 0.6) is 0 Å². The van der Waals surface area contributed by atoms with Crippen molar-refractivity contribution in [1.82, 2.24) is 0 Å². The maximum Gasteiger partial charge on any atom is 0.336 e. The van der Waals surface area contributed by atoms with Crippen LogP contribution in [0.3, 0.4) is 0 Å². The van der Waals surface area contributed by atoms with Crippen LogP contribution < -0.4 is 0 Å². The number of ether oxygens (including phenoxy) is 1. The lowest BCUT2D eigenvalue weighted by Gasteiger charge is -2.20. The number of halogens is 1. The van der Waals surface area contributed by atoms with Crippen molar-refractivity contribution in [3.63, 3.8) is 0 Å². The van der Waals surface area contributed by atoms with E-state index in [0.29, 0.717) is 5.56 Å². The fourth-order valence-corrected chi connectivity index (χ4v) is 1.17. The molecule has 0 bridgehead atoms. The first-order valence-electron chi connectivity index (χ1n) is 4.95. The minimum absolute atomic E-state index is 0.0516. The Bertz CT molecular complexity index is 394. The number of rotatable bonds is 3. The van der Waals surface area contributed by atoms with Gasteiger partial charge < -0.3 is 9.84 Å². The van der Waals surface area contributed by atoms with Crippen LogP contribution in [-0.4, -0.2) is 16.7 Å². The summed E-state index contributed by atoms with van der Waals surface area (Å²) in [6, 6.07) is 3.67. The number of hydrogen-bond donors (Lipinski definition) is 1. The van der Waals surface area contributed by atoms with Gasteiger partial charge in [-0.2, -0.15) is 0 Å². The number of carboxylic acids is 1. The summed E-state index contributed by atoms with van der Waals surface area (Å²) in [5.74, 6) is -1.70. The maximum absolute atomic E-state index is 12.9.